The smallest absolute Gasteiger partial charge is 0.301 e. The third-order valence-electron chi connectivity index (χ3n) is 6.32. The molecule has 1 aromatic heterocycles. The van der Waals surface area contributed by atoms with Crippen LogP contribution in [-0.4, -0.2) is 47.2 Å². The molecule has 2 aliphatic rings. The highest BCUT2D eigenvalue weighted by atomic mass is 32.1. The summed E-state index contributed by atoms with van der Waals surface area (Å²) in [4.78, 5) is 32.5. The number of amides is 1. The number of rotatable bonds is 4. The first-order valence-electron chi connectivity index (χ1n) is 11.5. The minimum atomic E-state index is -1.12. The molecule has 2 aliphatic heterocycles. The number of methoxy groups -OCH3 is 1. The fourth-order valence-corrected chi connectivity index (χ4v) is 5.56. The number of phenols is 1. The van der Waals surface area contributed by atoms with Gasteiger partial charge < -0.3 is 24.4 Å². The van der Waals surface area contributed by atoms with E-state index in [0.29, 0.717) is 40.5 Å². The van der Waals surface area contributed by atoms with E-state index in [0.717, 1.165) is 11.3 Å². The van der Waals surface area contributed by atoms with Crippen LogP contribution in [0.15, 0.2) is 60.2 Å². The number of benzene rings is 3. The molecule has 2 N–H and O–H groups in total. The van der Waals surface area contributed by atoms with E-state index in [4.69, 9.17) is 14.2 Å². The Hall–Kier alpha value is -4.64. The molecule has 3 heterocycles. The number of aromatic hydroxyl groups is 1. The Morgan fingerprint density at radius 3 is 2.66 bits per heavy atom. The van der Waals surface area contributed by atoms with E-state index >= 15 is 0 Å². The molecule has 1 saturated heterocycles. The number of hydrogen-bond acceptors (Lipinski definition) is 9. The van der Waals surface area contributed by atoms with Crippen LogP contribution in [0.5, 0.6) is 23.0 Å². The van der Waals surface area contributed by atoms with Gasteiger partial charge in [-0.1, -0.05) is 17.4 Å². The lowest BCUT2D eigenvalue weighted by Crippen LogP contribution is -2.29. The summed E-state index contributed by atoms with van der Waals surface area (Å²) < 4.78 is 30.7. The molecule has 1 amide bonds. The molecule has 9 nitrogen and oxygen atoms in total. The number of fused-ring (bicyclic) bond motifs is 2. The van der Waals surface area contributed by atoms with Gasteiger partial charge in [-0.3, -0.25) is 14.5 Å². The molecular formula is C27H19FN2O7S. The zero-order valence-electron chi connectivity index (χ0n) is 19.8. The number of aromatic nitrogens is 1. The van der Waals surface area contributed by atoms with Crippen molar-refractivity contribution in [1.29, 1.82) is 0 Å². The normalized spacial score (nSPS) is 18.3. The number of aliphatic hydroxyl groups is 1. The highest BCUT2D eigenvalue weighted by Crippen LogP contribution is 2.46. The van der Waals surface area contributed by atoms with Crippen LogP contribution in [0.4, 0.5) is 9.52 Å². The molecule has 0 radical (unpaired) electrons. The second kappa shape index (κ2) is 9.03. The minimum Gasteiger partial charge on any atom is -0.507 e. The Bertz CT molecular complexity index is 1660. The first-order chi connectivity index (χ1) is 18.4. The first kappa shape index (κ1) is 23.7. The van der Waals surface area contributed by atoms with Crippen molar-refractivity contribution >= 4 is 44.1 Å². The highest BCUT2D eigenvalue weighted by Gasteiger charge is 2.48. The molecule has 0 bridgehead atoms. The third kappa shape index (κ3) is 3.79. The molecule has 1 unspecified atom stereocenters. The fourth-order valence-electron chi connectivity index (χ4n) is 4.55. The van der Waals surface area contributed by atoms with Crippen molar-refractivity contribution in [2.24, 2.45) is 0 Å². The number of aliphatic hydroxyl groups excluding tert-OH is 1. The van der Waals surface area contributed by atoms with Gasteiger partial charge >= 0.3 is 5.91 Å². The first-order valence-corrected chi connectivity index (χ1v) is 12.3. The Labute approximate surface area is 218 Å². The number of ketones is 1. The van der Waals surface area contributed by atoms with Crippen molar-refractivity contribution < 1.29 is 38.4 Å². The van der Waals surface area contributed by atoms with Crippen molar-refractivity contribution in [3.05, 3.63) is 77.1 Å². The summed E-state index contributed by atoms with van der Waals surface area (Å²) in [6.45, 7) is 0.714. The topological polar surface area (TPSA) is 118 Å². The predicted octanol–water partition coefficient (Wildman–Crippen LogP) is 4.55. The molecule has 1 atom stereocenters. The minimum absolute atomic E-state index is 0.110. The van der Waals surface area contributed by atoms with E-state index in [2.05, 4.69) is 4.98 Å². The van der Waals surface area contributed by atoms with Crippen LogP contribution in [0.1, 0.15) is 17.2 Å². The van der Waals surface area contributed by atoms with Gasteiger partial charge in [-0.05, 0) is 54.1 Å². The molecule has 3 aromatic carbocycles. The number of thiazole rings is 1. The van der Waals surface area contributed by atoms with Gasteiger partial charge in [0, 0.05) is 5.56 Å². The summed E-state index contributed by atoms with van der Waals surface area (Å²) in [5.74, 6) is -1.88. The molecule has 6 rings (SSSR count). The summed E-state index contributed by atoms with van der Waals surface area (Å²) in [6, 6.07) is 12.0. The maximum Gasteiger partial charge on any atom is 0.301 e. The highest BCUT2D eigenvalue weighted by molar-refractivity contribution is 7.22. The number of Topliss-reactive ketones (excluding diaryl/α,β-unsaturated/α-hetero) is 1. The van der Waals surface area contributed by atoms with Gasteiger partial charge in [0.1, 0.15) is 24.8 Å². The van der Waals surface area contributed by atoms with Crippen LogP contribution in [-0.2, 0) is 9.59 Å². The summed E-state index contributed by atoms with van der Waals surface area (Å²) in [5, 5.41) is 21.7. The Morgan fingerprint density at radius 1 is 1.08 bits per heavy atom. The monoisotopic (exact) mass is 534 g/mol. The van der Waals surface area contributed by atoms with Gasteiger partial charge in [-0.15, -0.1) is 0 Å². The second-order valence-corrected chi connectivity index (χ2v) is 9.58. The number of ether oxygens (including phenoxy) is 3. The number of hydrogen-bond donors (Lipinski definition) is 2. The summed E-state index contributed by atoms with van der Waals surface area (Å²) in [6.07, 6.45) is 0. The van der Waals surface area contributed by atoms with E-state index in [1.54, 1.807) is 12.1 Å². The van der Waals surface area contributed by atoms with Crippen LogP contribution in [0.3, 0.4) is 0 Å². The molecule has 192 valence electrons. The van der Waals surface area contributed by atoms with Crippen LogP contribution in [0, 0.1) is 5.82 Å². The molecule has 0 spiro atoms. The number of phenolic OH excluding ortho intramolecular Hbond substituents is 1. The van der Waals surface area contributed by atoms with Gasteiger partial charge in [-0.25, -0.2) is 9.37 Å². The van der Waals surface area contributed by atoms with E-state index in [9.17, 15) is 24.2 Å². The van der Waals surface area contributed by atoms with Crippen molar-refractivity contribution in [2.45, 2.75) is 6.04 Å². The quantitative estimate of drug-likeness (QED) is 0.223. The molecule has 38 heavy (non-hydrogen) atoms. The largest absolute Gasteiger partial charge is 0.507 e. The lowest BCUT2D eigenvalue weighted by molar-refractivity contribution is -0.132. The number of anilines is 1. The third-order valence-corrected chi connectivity index (χ3v) is 7.34. The van der Waals surface area contributed by atoms with E-state index < -0.39 is 29.3 Å². The molecule has 1 fully saturated rings. The van der Waals surface area contributed by atoms with Crippen LogP contribution < -0.4 is 19.1 Å². The van der Waals surface area contributed by atoms with E-state index in [1.165, 1.54) is 54.5 Å². The summed E-state index contributed by atoms with van der Waals surface area (Å²) in [7, 11) is 1.37. The number of nitrogens with zero attached hydrogens (tertiary/aromatic N) is 2. The van der Waals surface area contributed by atoms with Crippen LogP contribution in [0.25, 0.3) is 16.0 Å². The number of halogens is 1. The average Bonchev–Trinajstić information content (AvgIpc) is 3.45. The maximum atomic E-state index is 13.8. The van der Waals surface area contributed by atoms with Crippen molar-refractivity contribution in [3.63, 3.8) is 0 Å². The predicted molar refractivity (Wildman–Crippen MR) is 136 cm³/mol. The summed E-state index contributed by atoms with van der Waals surface area (Å²) >= 11 is 1.03. The standard InChI is InChI=1S/C27H19FN2O7S/c1-35-19-10-13(2-6-17(19)31)23-22(24(32)14-3-7-18-20(11-14)37-9-8-36-18)25(33)26(34)30(23)27-29-16-5-4-15(28)12-21(16)38-27/h2-7,10-12,23,31-32H,8-9H2,1H3/b24-22+. The van der Waals surface area contributed by atoms with Gasteiger partial charge in [0.15, 0.2) is 28.1 Å². The van der Waals surface area contributed by atoms with Crippen LogP contribution in [0.2, 0.25) is 0 Å². The van der Waals surface area contributed by atoms with Gasteiger partial charge in [0.2, 0.25) is 0 Å². The lowest BCUT2D eigenvalue weighted by atomic mass is 9.95. The molecule has 4 aromatic rings. The number of carbonyl (C=O) groups is 2. The van der Waals surface area contributed by atoms with Crippen molar-refractivity contribution in [2.75, 3.05) is 25.2 Å². The molecule has 0 saturated carbocycles. The van der Waals surface area contributed by atoms with Gasteiger partial charge in [0.05, 0.1) is 28.9 Å². The lowest BCUT2D eigenvalue weighted by Gasteiger charge is -2.24. The Morgan fingerprint density at radius 2 is 1.87 bits per heavy atom. The zero-order chi connectivity index (χ0) is 26.6. The molecule has 11 heteroatoms. The zero-order valence-corrected chi connectivity index (χ0v) is 20.6. The van der Waals surface area contributed by atoms with Crippen LogP contribution >= 0.6 is 11.3 Å². The fraction of sp³-hybridized carbons (Fsp3) is 0.148. The summed E-state index contributed by atoms with van der Waals surface area (Å²) in [5.41, 5.74) is 0.879. The maximum absolute atomic E-state index is 13.8. The second-order valence-electron chi connectivity index (χ2n) is 8.57. The van der Waals surface area contributed by atoms with Gasteiger partial charge in [-0.2, -0.15) is 0 Å². The molecular weight excluding hydrogens is 515 g/mol. The van der Waals surface area contributed by atoms with E-state index in [1.807, 2.05) is 0 Å². The van der Waals surface area contributed by atoms with Gasteiger partial charge in [0.25, 0.3) is 5.78 Å². The van der Waals surface area contributed by atoms with E-state index in [-0.39, 0.29) is 27.8 Å². The van der Waals surface area contributed by atoms with Crippen molar-refractivity contribution in [3.8, 4) is 23.0 Å². The Kier molecular flexibility index (Phi) is 5.64. The van der Waals surface area contributed by atoms with Crippen molar-refractivity contribution in [1.82, 2.24) is 4.98 Å². The molecule has 0 aliphatic carbocycles. The average molecular weight is 535 g/mol. The SMILES string of the molecule is COc1cc(C2/C(=C(\O)c3ccc4c(c3)OCCO4)C(=O)C(=O)N2c2nc3ccc(F)cc3s2)ccc1O. The Balaban J connectivity index is 1.56. The number of carbonyl (C=O) groups excluding carboxylic acids is 2.